The SMILES string of the molecule is CCCCCCCCCCCCCC(=O)N1CCCC1C(=O)NCC(NC(=O)C1CCCN1C(=O)CCCCCCCCCCCCC)C(=O)NCCNC(=O)C(N)CCC(=O)O. The zero-order chi connectivity index (χ0) is 46.1. The molecule has 6 amide bonds. The van der Waals surface area contributed by atoms with Crippen molar-refractivity contribution in [2.45, 2.75) is 231 Å². The first-order chi connectivity index (χ1) is 30.5. The number of carboxylic acids is 1. The summed E-state index contributed by atoms with van der Waals surface area (Å²) in [6, 6.07) is -3.61. The third-order valence-electron chi connectivity index (χ3n) is 12.6. The monoisotopic (exact) mass is 890 g/mol. The Morgan fingerprint density at radius 3 is 1.37 bits per heavy atom. The summed E-state index contributed by atoms with van der Waals surface area (Å²) in [4.78, 5) is 93.9. The van der Waals surface area contributed by atoms with Crippen molar-refractivity contribution in [1.29, 1.82) is 0 Å². The molecule has 15 nitrogen and oxygen atoms in total. The Bertz CT molecular complexity index is 1350. The summed E-state index contributed by atoms with van der Waals surface area (Å²) in [5, 5.41) is 19.8. The van der Waals surface area contributed by atoms with E-state index in [0.29, 0.717) is 51.6 Å². The number of carboxylic acid groups (broad SMARTS) is 1. The van der Waals surface area contributed by atoms with Gasteiger partial charge in [0.15, 0.2) is 0 Å². The van der Waals surface area contributed by atoms with E-state index in [1.807, 2.05) is 0 Å². The van der Waals surface area contributed by atoms with Gasteiger partial charge in [0.1, 0.15) is 18.1 Å². The minimum absolute atomic E-state index is 0.000588. The number of aliphatic carboxylic acids is 1. The predicted molar refractivity (Wildman–Crippen MR) is 247 cm³/mol. The van der Waals surface area contributed by atoms with E-state index in [1.54, 1.807) is 9.80 Å². The molecule has 0 spiro atoms. The van der Waals surface area contributed by atoms with Crippen LogP contribution in [0.5, 0.6) is 0 Å². The minimum atomic E-state index is -1.19. The fourth-order valence-electron chi connectivity index (χ4n) is 8.68. The van der Waals surface area contributed by atoms with E-state index in [0.717, 1.165) is 44.9 Å². The molecule has 0 aliphatic carbocycles. The van der Waals surface area contributed by atoms with Crippen LogP contribution in [0.4, 0.5) is 0 Å². The first-order valence-corrected chi connectivity index (χ1v) is 25.2. The topological polar surface area (TPSA) is 220 Å². The predicted octanol–water partition coefficient (Wildman–Crippen LogP) is 6.40. The molecule has 2 heterocycles. The number of likely N-dealkylation sites (tertiary alicyclic amines) is 2. The second kappa shape index (κ2) is 34.6. The summed E-state index contributed by atoms with van der Waals surface area (Å²) in [5.41, 5.74) is 5.78. The van der Waals surface area contributed by atoms with Crippen LogP contribution < -0.4 is 27.0 Å². The van der Waals surface area contributed by atoms with Gasteiger partial charge in [-0.1, -0.05) is 142 Å². The Hall–Kier alpha value is -3.75. The van der Waals surface area contributed by atoms with Crippen LogP contribution in [0, 0.1) is 0 Å². The van der Waals surface area contributed by atoms with Crippen molar-refractivity contribution in [2.24, 2.45) is 5.73 Å². The molecule has 63 heavy (non-hydrogen) atoms. The molecule has 0 aromatic rings. The molecule has 15 heteroatoms. The molecule has 2 aliphatic rings. The summed E-state index contributed by atoms with van der Waals surface area (Å²) >= 11 is 0. The average Bonchev–Trinajstić information content (AvgIpc) is 3.98. The van der Waals surface area contributed by atoms with Crippen molar-refractivity contribution in [3.8, 4) is 0 Å². The molecule has 362 valence electrons. The molecular weight excluding hydrogens is 803 g/mol. The third-order valence-corrected chi connectivity index (χ3v) is 12.6. The van der Waals surface area contributed by atoms with Crippen LogP contribution >= 0.6 is 0 Å². The van der Waals surface area contributed by atoms with Gasteiger partial charge >= 0.3 is 5.97 Å². The zero-order valence-electron chi connectivity index (χ0n) is 39.3. The van der Waals surface area contributed by atoms with Crippen LogP contribution in [-0.4, -0.2) is 113 Å². The zero-order valence-corrected chi connectivity index (χ0v) is 39.3. The molecule has 2 aliphatic heterocycles. The van der Waals surface area contributed by atoms with Crippen LogP contribution in [0.2, 0.25) is 0 Å². The van der Waals surface area contributed by atoms with Gasteiger partial charge in [0.05, 0.1) is 6.04 Å². The average molecular weight is 890 g/mol. The summed E-state index contributed by atoms with van der Waals surface area (Å²) in [6.45, 7) is 5.15. The lowest BCUT2D eigenvalue weighted by Crippen LogP contribution is -2.58. The van der Waals surface area contributed by atoms with Crippen molar-refractivity contribution in [2.75, 3.05) is 32.7 Å². The lowest BCUT2D eigenvalue weighted by Gasteiger charge is -2.28. The van der Waals surface area contributed by atoms with Gasteiger partial charge in [-0.05, 0) is 44.9 Å². The number of carbonyl (C=O) groups excluding carboxylic acids is 6. The Labute approximate surface area is 379 Å². The van der Waals surface area contributed by atoms with Crippen molar-refractivity contribution < 1.29 is 38.7 Å². The van der Waals surface area contributed by atoms with E-state index in [4.69, 9.17) is 10.8 Å². The highest BCUT2D eigenvalue weighted by Crippen LogP contribution is 2.22. The number of nitrogens with one attached hydrogen (secondary N) is 4. The number of nitrogens with zero attached hydrogens (tertiary/aromatic N) is 2. The highest BCUT2D eigenvalue weighted by Gasteiger charge is 2.37. The van der Waals surface area contributed by atoms with Gasteiger partial charge in [-0.25, -0.2) is 0 Å². The third kappa shape index (κ3) is 24.2. The van der Waals surface area contributed by atoms with E-state index < -0.39 is 47.9 Å². The van der Waals surface area contributed by atoms with Gasteiger partial charge in [0.25, 0.3) is 0 Å². The molecule has 4 unspecified atom stereocenters. The summed E-state index contributed by atoms with van der Waals surface area (Å²) in [7, 11) is 0. The number of carbonyl (C=O) groups is 7. The summed E-state index contributed by atoms with van der Waals surface area (Å²) in [6.07, 6.45) is 28.7. The minimum Gasteiger partial charge on any atom is -0.481 e. The molecular formula is C48H87N7O8. The molecule has 0 radical (unpaired) electrons. The van der Waals surface area contributed by atoms with E-state index in [9.17, 15) is 33.6 Å². The van der Waals surface area contributed by atoms with E-state index in [-0.39, 0.29) is 50.2 Å². The molecule has 0 aromatic carbocycles. The molecule has 0 aromatic heterocycles. The van der Waals surface area contributed by atoms with Gasteiger partial charge in [-0.2, -0.15) is 0 Å². The Morgan fingerprint density at radius 1 is 0.540 bits per heavy atom. The fraction of sp³-hybridized carbons (Fsp3) is 0.854. The number of hydrogen-bond acceptors (Lipinski definition) is 8. The Morgan fingerprint density at radius 2 is 0.937 bits per heavy atom. The number of amides is 6. The van der Waals surface area contributed by atoms with E-state index >= 15 is 0 Å². The first-order valence-electron chi connectivity index (χ1n) is 25.2. The maximum atomic E-state index is 13.8. The molecule has 0 bridgehead atoms. The summed E-state index contributed by atoms with van der Waals surface area (Å²) < 4.78 is 0. The van der Waals surface area contributed by atoms with E-state index in [2.05, 4.69) is 35.1 Å². The highest BCUT2D eigenvalue weighted by molar-refractivity contribution is 5.93. The molecule has 2 rings (SSSR count). The van der Waals surface area contributed by atoms with Crippen LogP contribution in [0.1, 0.15) is 206 Å². The van der Waals surface area contributed by atoms with Crippen LogP contribution in [-0.2, 0) is 33.6 Å². The molecule has 2 saturated heterocycles. The quantitative estimate of drug-likeness (QED) is 0.0380. The molecule has 4 atom stereocenters. The van der Waals surface area contributed by atoms with Crippen molar-refractivity contribution >= 4 is 41.4 Å². The second-order valence-corrected chi connectivity index (χ2v) is 18.0. The van der Waals surface area contributed by atoms with Crippen LogP contribution in [0.25, 0.3) is 0 Å². The largest absolute Gasteiger partial charge is 0.481 e. The lowest BCUT2D eigenvalue weighted by molar-refractivity contribution is -0.140. The smallest absolute Gasteiger partial charge is 0.303 e. The van der Waals surface area contributed by atoms with Gasteiger partial charge < -0.3 is 41.9 Å². The van der Waals surface area contributed by atoms with Crippen molar-refractivity contribution in [1.82, 2.24) is 31.1 Å². The van der Waals surface area contributed by atoms with Gasteiger partial charge in [0, 0.05) is 52.0 Å². The van der Waals surface area contributed by atoms with Gasteiger partial charge in [-0.15, -0.1) is 0 Å². The van der Waals surface area contributed by atoms with Crippen molar-refractivity contribution in [3.63, 3.8) is 0 Å². The molecule has 7 N–H and O–H groups in total. The van der Waals surface area contributed by atoms with E-state index in [1.165, 1.54) is 96.3 Å². The normalized spacial score (nSPS) is 17.0. The number of hydrogen-bond donors (Lipinski definition) is 6. The number of rotatable bonds is 37. The molecule has 0 saturated carbocycles. The second-order valence-electron chi connectivity index (χ2n) is 18.0. The van der Waals surface area contributed by atoms with Gasteiger partial charge in [-0.3, -0.25) is 33.6 Å². The van der Waals surface area contributed by atoms with Crippen LogP contribution in [0.3, 0.4) is 0 Å². The van der Waals surface area contributed by atoms with Crippen LogP contribution in [0.15, 0.2) is 0 Å². The Kier molecular flexibility index (Phi) is 30.4. The number of nitrogens with two attached hydrogens (primary N) is 1. The van der Waals surface area contributed by atoms with Gasteiger partial charge in [0.2, 0.25) is 35.4 Å². The maximum Gasteiger partial charge on any atom is 0.303 e. The Balaban J connectivity index is 1.91. The maximum absolute atomic E-state index is 13.8. The lowest BCUT2D eigenvalue weighted by atomic mass is 10.0. The molecule has 2 fully saturated rings. The first kappa shape index (κ1) is 55.4. The summed E-state index contributed by atoms with van der Waals surface area (Å²) in [5.74, 6) is -3.20. The highest BCUT2D eigenvalue weighted by atomic mass is 16.4. The number of unbranched alkanes of at least 4 members (excludes halogenated alkanes) is 20. The standard InChI is InChI=1S/C48H87N7O8/c1-3-5-7-9-11-13-15-17-19-21-23-29-42(56)54-35-25-27-40(54)47(62)52-37-39(46(61)51-34-33-50-45(60)38(49)31-32-44(58)59)53-48(63)41-28-26-36-55(41)43(57)30-24-22-20-18-16-14-12-10-8-6-4-2/h38-41H,3-37,49H2,1-2H3,(H,50,60)(H,51,61)(H,52,62)(H,53,63)(H,58,59). The van der Waals surface area contributed by atoms with Crippen molar-refractivity contribution in [3.05, 3.63) is 0 Å². The fourth-order valence-corrected chi connectivity index (χ4v) is 8.68.